The molecule has 8 heteroatoms. The second kappa shape index (κ2) is 8.31. The van der Waals surface area contributed by atoms with Gasteiger partial charge in [0.1, 0.15) is 5.82 Å². The fourth-order valence-corrected chi connectivity index (χ4v) is 4.40. The Morgan fingerprint density at radius 1 is 1.10 bits per heavy atom. The molecule has 1 amide bonds. The monoisotopic (exact) mass is 419 g/mol. The molecule has 0 unspecified atom stereocenters. The molecule has 2 aromatic heterocycles. The number of fused-ring (bicyclic) bond motifs is 2. The maximum Gasteiger partial charge on any atom is 0.277 e. The molecule has 30 heavy (non-hydrogen) atoms. The third kappa shape index (κ3) is 3.95. The van der Waals surface area contributed by atoms with E-state index in [1.807, 2.05) is 47.4 Å². The Labute approximate surface area is 177 Å². The van der Waals surface area contributed by atoms with Gasteiger partial charge in [-0.2, -0.15) is 0 Å². The van der Waals surface area contributed by atoms with E-state index in [1.165, 1.54) is 17.3 Å². The van der Waals surface area contributed by atoms with Crippen LogP contribution in [0.3, 0.4) is 0 Å². The molecule has 0 bridgehead atoms. The molecule has 0 radical (unpaired) electrons. The summed E-state index contributed by atoms with van der Waals surface area (Å²) >= 11 is 1.29. The van der Waals surface area contributed by atoms with Gasteiger partial charge in [-0.3, -0.25) is 4.79 Å². The molecule has 0 spiro atoms. The molecular formula is C22H21N5O2S. The first-order chi connectivity index (χ1) is 14.8. The lowest BCUT2D eigenvalue weighted by Crippen LogP contribution is -2.36. The second-order valence-electron chi connectivity index (χ2n) is 7.23. The number of hydrogen-bond donors (Lipinski definition) is 1. The van der Waals surface area contributed by atoms with Crippen LogP contribution in [0.25, 0.3) is 11.0 Å². The molecule has 1 aliphatic rings. The summed E-state index contributed by atoms with van der Waals surface area (Å²) in [5, 5.41) is 8.61. The number of rotatable bonds is 6. The van der Waals surface area contributed by atoms with Crippen molar-refractivity contribution in [2.45, 2.75) is 30.9 Å². The topological polar surface area (TPSA) is 87.9 Å². The Morgan fingerprint density at radius 3 is 2.90 bits per heavy atom. The van der Waals surface area contributed by atoms with Gasteiger partial charge in [0, 0.05) is 25.1 Å². The van der Waals surface area contributed by atoms with E-state index in [0.29, 0.717) is 24.0 Å². The first-order valence-corrected chi connectivity index (χ1v) is 11.0. The number of aromatic amines is 1. The predicted octanol–water partition coefficient (Wildman–Crippen LogP) is 3.80. The van der Waals surface area contributed by atoms with Crippen LogP contribution in [0, 0.1) is 0 Å². The highest BCUT2D eigenvalue weighted by Crippen LogP contribution is 2.28. The van der Waals surface area contributed by atoms with Crippen molar-refractivity contribution in [2.24, 2.45) is 0 Å². The number of anilines is 1. The molecule has 7 nitrogen and oxygen atoms in total. The fourth-order valence-electron chi connectivity index (χ4n) is 3.74. The van der Waals surface area contributed by atoms with E-state index in [-0.39, 0.29) is 11.7 Å². The fraction of sp³-hybridized carbons (Fsp3) is 0.273. The smallest absolute Gasteiger partial charge is 0.277 e. The molecule has 0 atom stereocenters. The van der Waals surface area contributed by atoms with Crippen molar-refractivity contribution in [1.82, 2.24) is 20.2 Å². The first-order valence-electron chi connectivity index (χ1n) is 10.0. The number of aryl methyl sites for hydroxylation is 3. The van der Waals surface area contributed by atoms with Crippen LogP contribution < -0.4 is 4.90 Å². The molecule has 3 heterocycles. The Morgan fingerprint density at radius 2 is 1.97 bits per heavy atom. The second-order valence-corrected chi connectivity index (χ2v) is 8.16. The van der Waals surface area contributed by atoms with E-state index in [2.05, 4.69) is 26.2 Å². The van der Waals surface area contributed by atoms with Crippen molar-refractivity contribution < 1.29 is 9.21 Å². The summed E-state index contributed by atoms with van der Waals surface area (Å²) in [7, 11) is 0. The largest absolute Gasteiger partial charge is 0.416 e. The molecule has 1 aliphatic heterocycles. The zero-order valence-electron chi connectivity index (χ0n) is 16.4. The normalized spacial score (nSPS) is 13.5. The SMILES string of the molecule is O=C(CSc1nnc(CCc2nc3ccccc3[nH]2)o1)N1CCCc2ccccc21. The number of benzene rings is 2. The number of amides is 1. The van der Waals surface area contributed by atoms with Crippen molar-refractivity contribution in [3.63, 3.8) is 0 Å². The summed E-state index contributed by atoms with van der Waals surface area (Å²) in [6.45, 7) is 0.753. The maximum absolute atomic E-state index is 12.7. The van der Waals surface area contributed by atoms with Gasteiger partial charge < -0.3 is 14.3 Å². The highest BCUT2D eigenvalue weighted by atomic mass is 32.2. The van der Waals surface area contributed by atoms with E-state index in [9.17, 15) is 4.79 Å². The summed E-state index contributed by atoms with van der Waals surface area (Å²) < 4.78 is 5.71. The molecule has 4 aromatic rings. The van der Waals surface area contributed by atoms with Crippen LogP contribution in [-0.4, -0.2) is 38.4 Å². The summed E-state index contributed by atoms with van der Waals surface area (Å²) in [4.78, 5) is 22.5. The van der Waals surface area contributed by atoms with E-state index >= 15 is 0 Å². The Kier molecular flexibility index (Phi) is 5.23. The van der Waals surface area contributed by atoms with Crippen LogP contribution in [0.2, 0.25) is 0 Å². The van der Waals surface area contributed by atoms with Crippen molar-refractivity contribution in [2.75, 3.05) is 17.2 Å². The van der Waals surface area contributed by atoms with Gasteiger partial charge in [0.05, 0.1) is 16.8 Å². The first kappa shape index (κ1) is 18.9. The van der Waals surface area contributed by atoms with Gasteiger partial charge in [-0.25, -0.2) is 4.98 Å². The molecular weight excluding hydrogens is 398 g/mol. The van der Waals surface area contributed by atoms with Crippen LogP contribution in [0.5, 0.6) is 0 Å². The van der Waals surface area contributed by atoms with Crippen LogP contribution in [0.15, 0.2) is 58.2 Å². The maximum atomic E-state index is 12.7. The summed E-state index contributed by atoms with van der Waals surface area (Å²) in [6.07, 6.45) is 3.29. The minimum absolute atomic E-state index is 0.0641. The average Bonchev–Trinajstić information content (AvgIpc) is 3.42. The number of hydrogen-bond acceptors (Lipinski definition) is 6. The molecule has 0 saturated carbocycles. The number of H-pyrrole nitrogens is 1. The quantitative estimate of drug-likeness (QED) is 0.478. The molecule has 0 aliphatic carbocycles. The van der Waals surface area contributed by atoms with Gasteiger partial charge >= 0.3 is 0 Å². The van der Waals surface area contributed by atoms with E-state index in [1.54, 1.807) is 0 Å². The number of nitrogens with one attached hydrogen (secondary N) is 1. The van der Waals surface area contributed by atoms with Gasteiger partial charge in [-0.05, 0) is 36.6 Å². The van der Waals surface area contributed by atoms with Gasteiger partial charge in [-0.15, -0.1) is 10.2 Å². The van der Waals surface area contributed by atoms with Crippen LogP contribution in [0.4, 0.5) is 5.69 Å². The Bertz CT molecular complexity index is 1150. The number of carbonyl (C=O) groups is 1. The standard InChI is InChI=1S/C22H21N5O2S/c28-21(27-13-5-7-15-6-1-4-10-18(15)27)14-30-22-26-25-20(29-22)12-11-19-23-16-8-2-3-9-17(16)24-19/h1-4,6,8-10H,5,7,11-14H2,(H,23,24). The van der Waals surface area contributed by atoms with Gasteiger partial charge in [0.15, 0.2) is 0 Å². The Hall–Kier alpha value is -3.13. The minimum Gasteiger partial charge on any atom is -0.416 e. The number of imidazole rings is 1. The van der Waals surface area contributed by atoms with Crippen LogP contribution in [0.1, 0.15) is 23.7 Å². The number of para-hydroxylation sites is 3. The lowest BCUT2D eigenvalue weighted by Gasteiger charge is -2.29. The van der Waals surface area contributed by atoms with E-state index in [0.717, 1.165) is 41.9 Å². The van der Waals surface area contributed by atoms with Gasteiger partial charge in [0.25, 0.3) is 5.22 Å². The lowest BCUT2D eigenvalue weighted by atomic mass is 10.0. The molecule has 0 saturated heterocycles. The van der Waals surface area contributed by atoms with Crippen LogP contribution >= 0.6 is 11.8 Å². The summed E-state index contributed by atoms with van der Waals surface area (Å²) in [5.74, 6) is 1.78. The van der Waals surface area contributed by atoms with Gasteiger partial charge in [-0.1, -0.05) is 42.1 Å². The van der Waals surface area contributed by atoms with Gasteiger partial charge in [0.2, 0.25) is 11.8 Å². The number of aromatic nitrogens is 4. The highest BCUT2D eigenvalue weighted by molar-refractivity contribution is 7.99. The van der Waals surface area contributed by atoms with Crippen molar-refractivity contribution in [1.29, 1.82) is 0 Å². The molecule has 0 fully saturated rings. The minimum atomic E-state index is 0.0641. The third-order valence-electron chi connectivity index (χ3n) is 5.19. The molecule has 2 aromatic carbocycles. The van der Waals surface area contributed by atoms with E-state index in [4.69, 9.17) is 4.42 Å². The Balaban J connectivity index is 1.17. The zero-order chi connectivity index (χ0) is 20.3. The average molecular weight is 420 g/mol. The zero-order valence-corrected chi connectivity index (χ0v) is 17.2. The highest BCUT2D eigenvalue weighted by Gasteiger charge is 2.22. The molecule has 1 N–H and O–H groups in total. The van der Waals surface area contributed by atoms with Crippen molar-refractivity contribution in [3.8, 4) is 0 Å². The van der Waals surface area contributed by atoms with Crippen molar-refractivity contribution >= 4 is 34.4 Å². The number of nitrogens with zero attached hydrogens (tertiary/aromatic N) is 4. The lowest BCUT2D eigenvalue weighted by molar-refractivity contribution is -0.116. The van der Waals surface area contributed by atoms with Crippen LogP contribution in [-0.2, 0) is 24.1 Å². The van der Waals surface area contributed by atoms with Crippen molar-refractivity contribution in [3.05, 3.63) is 65.8 Å². The summed E-state index contributed by atoms with van der Waals surface area (Å²) in [6, 6.07) is 16.0. The van der Waals surface area contributed by atoms with E-state index < -0.39 is 0 Å². The predicted molar refractivity (Wildman–Crippen MR) is 116 cm³/mol. The third-order valence-corrected chi connectivity index (χ3v) is 6.00. The number of carbonyl (C=O) groups excluding carboxylic acids is 1. The molecule has 152 valence electrons. The number of thioether (sulfide) groups is 1. The molecule has 5 rings (SSSR count). The summed E-state index contributed by atoms with van der Waals surface area (Å²) in [5.41, 5.74) is 4.22.